The summed E-state index contributed by atoms with van der Waals surface area (Å²) in [5, 5.41) is 0. The normalized spacial score (nSPS) is 13.4. The fourth-order valence-electron chi connectivity index (χ4n) is 1.94. The Hall–Kier alpha value is -0.370. The van der Waals surface area contributed by atoms with Gasteiger partial charge in [0.05, 0.1) is 12.2 Å². The number of hydrogen-bond acceptors (Lipinski definition) is 2. The third-order valence-corrected chi connectivity index (χ3v) is 3.34. The van der Waals surface area contributed by atoms with E-state index in [0.717, 1.165) is 12.8 Å². The van der Waals surface area contributed by atoms with Gasteiger partial charge in [0.1, 0.15) is 5.78 Å². The summed E-state index contributed by atoms with van der Waals surface area (Å²) in [4.78, 5) is 12.1. The highest BCUT2D eigenvalue weighted by Gasteiger charge is 2.32. The molecule has 0 N–H and O–H groups in total. The highest BCUT2D eigenvalue weighted by Crippen LogP contribution is 2.27. The Morgan fingerprint density at radius 1 is 1.06 bits per heavy atom. The molecular formula is C16H32O2. The van der Waals surface area contributed by atoms with E-state index in [1.165, 1.54) is 0 Å². The van der Waals surface area contributed by atoms with Gasteiger partial charge in [0.25, 0.3) is 0 Å². The van der Waals surface area contributed by atoms with Gasteiger partial charge in [-0.1, -0.05) is 41.5 Å². The highest BCUT2D eigenvalue weighted by atomic mass is 16.5. The minimum absolute atomic E-state index is 0.0716. The first-order valence-electron chi connectivity index (χ1n) is 7.16. The Morgan fingerprint density at radius 3 is 1.94 bits per heavy atom. The van der Waals surface area contributed by atoms with Gasteiger partial charge >= 0.3 is 0 Å². The minimum atomic E-state index is -0.386. The van der Waals surface area contributed by atoms with Crippen molar-refractivity contribution in [3.05, 3.63) is 0 Å². The second kappa shape index (κ2) is 6.70. The van der Waals surface area contributed by atoms with Crippen LogP contribution in [0.3, 0.4) is 0 Å². The van der Waals surface area contributed by atoms with E-state index >= 15 is 0 Å². The Balaban J connectivity index is 4.33. The van der Waals surface area contributed by atoms with E-state index in [4.69, 9.17) is 4.74 Å². The first kappa shape index (κ1) is 17.6. The van der Waals surface area contributed by atoms with E-state index in [1.807, 2.05) is 27.7 Å². The largest absolute Gasteiger partial charge is 0.375 e. The number of rotatable bonds is 8. The van der Waals surface area contributed by atoms with Crippen LogP contribution in [-0.2, 0) is 9.53 Å². The summed E-state index contributed by atoms with van der Waals surface area (Å²) in [7, 11) is 0. The molecule has 18 heavy (non-hydrogen) atoms. The van der Waals surface area contributed by atoms with Crippen molar-refractivity contribution in [2.45, 2.75) is 73.8 Å². The predicted octanol–water partition coefficient (Wildman–Crippen LogP) is 4.47. The summed E-state index contributed by atoms with van der Waals surface area (Å²) in [6, 6.07) is 0. The van der Waals surface area contributed by atoms with Crippen LogP contribution >= 0.6 is 0 Å². The van der Waals surface area contributed by atoms with Gasteiger partial charge < -0.3 is 4.74 Å². The third kappa shape index (κ3) is 6.53. The van der Waals surface area contributed by atoms with Gasteiger partial charge in [-0.05, 0) is 32.6 Å². The van der Waals surface area contributed by atoms with E-state index in [-0.39, 0.29) is 22.7 Å². The summed E-state index contributed by atoms with van der Waals surface area (Å²) in [5.41, 5.74) is -0.526. The van der Waals surface area contributed by atoms with Crippen LogP contribution in [-0.4, -0.2) is 18.0 Å². The van der Waals surface area contributed by atoms with Crippen LogP contribution in [0.5, 0.6) is 0 Å². The van der Waals surface area contributed by atoms with Crippen molar-refractivity contribution < 1.29 is 9.53 Å². The van der Waals surface area contributed by atoms with Gasteiger partial charge in [-0.15, -0.1) is 0 Å². The molecule has 2 heteroatoms. The zero-order valence-corrected chi connectivity index (χ0v) is 13.6. The number of hydrogen-bond donors (Lipinski definition) is 0. The molecule has 0 aliphatic heterocycles. The standard InChI is InChI=1S/C16H32O2/c1-12(2)9-10-16(7,8)18-11-15(5,6)14(17)13(3)4/h12-13H,9-11H2,1-8H3. The lowest BCUT2D eigenvalue weighted by atomic mass is 9.83. The molecule has 0 saturated heterocycles. The molecule has 0 spiro atoms. The summed E-state index contributed by atoms with van der Waals surface area (Å²) >= 11 is 0. The van der Waals surface area contributed by atoms with Crippen molar-refractivity contribution in [1.82, 2.24) is 0 Å². The molecule has 0 rings (SSSR count). The summed E-state index contributed by atoms with van der Waals surface area (Å²) in [5.74, 6) is 1.04. The van der Waals surface area contributed by atoms with Crippen LogP contribution in [0.25, 0.3) is 0 Å². The first-order valence-corrected chi connectivity index (χ1v) is 7.16. The molecule has 0 aromatic rings. The topological polar surface area (TPSA) is 26.3 Å². The number of carbonyl (C=O) groups excluding carboxylic acids is 1. The molecule has 0 bridgehead atoms. The molecular weight excluding hydrogens is 224 g/mol. The number of Topliss-reactive ketones (excluding diaryl/α,β-unsaturated/α-hetero) is 1. The van der Waals surface area contributed by atoms with Crippen LogP contribution in [0.1, 0.15) is 68.2 Å². The van der Waals surface area contributed by atoms with Crippen molar-refractivity contribution in [3.8, 4) is 0 Å². The average Bonchev–Trinajstić information content (AvgIpc) is 2.23. The van der Waals surface area contributed by atoms with Gasteiger partial charge in [0.2, 0.25) is 0 Å². The molecule has 0 unspecified atom stereocenters. The molecule has 0 radical (unpaired) electrons. The van der Waals surface area contributed by atoms with Crippen molar-refractivity contribution in [2.24, 2.45) is 17.3 Å². The van der Waals surface area contributed by atoms with E-state index in [2.05, 4.69) is 27.7 Å². The molecule has 0 saturated carbocycles. The van der Waals surface area contributed by atoms with E-state index in [9.17, 15) is 4.79 Å². The SMILES string of the molecule is CC(C)CCC(C)(C)OCC(C)(C)C(=O)C(C)C. The van der Waals surface area contributed by atoms with Gasteiger partial charge in [-0.3, -0.25) is 4.79 Å². The number of ether oxygens (including phenoxy) is 1. The fourth-order valence-corrected chi connectivity index (χ4v) is 1.94. The van der Waals surface area contributed by atoms with Crippen LogP contribution in [0, 0.1) is 17.3 Å². The van der Waals surface area contributed by atoms with Gasteiger partial charge in [-0.2, -0.15) is 0 Å². The molecule has 0 aliphatic carbocycles. The molecule has 0 atom stereocenters. The molecule has 0 fully saturated rings. The second-order valence-electron chi connectivity index (χ2n) is 7.38. The fraction of sp³-hybridized carbons (Fsp3) is 0.938. The number of ketones is 1. The second-order valence-corrected chi connectivity index (χ2v) is 7.38. The zero-order valence-electron chi connectivity index (χ0n) is 13.6. The summed E-state index contributed by atoms with van der Waals surface area (Å²) < 4.78 is 6.00. The van der Waals surface area contributed by atoms with E-state index in [0.29, 0.717) is 12.5 Å². The zero-order chi connectivity index (χ0) is 14.6. The van der Waals surface area contributed by atoms with Crippen LogP contribution in [0.15, 0.2) is 0 Å². The predicted molar refractivity (Wildman–Crippen MR) is 77.7 cm³/mol. The molecule has 0 aromatic carbocycles. The van der Waals surface area contributed by atoms with Crippen LogP contribution in [0.4, 0.5) is 0 Å². The van der Waals surface area contributed by atoms with E-state index < -0.39 is 0 Å². The van der Waals surface area contributed by atoms with Gasteiger partial charge in [0.15, 0.2) is 0 Å². The van der Waals surface area contributed by atoms with Crippen molar-refractivity contribution in [1.29, 1.82) is 0 Å². The average molecular weight is 256 g/mol. The Morgan fingerprint density at radius 2 is 1.56 bits per heavy atom. The quantitative estimate of drug-likeness (QED) is 0.640. The lowest BCUT2D eigenvalue weighted by molar-refractivity contribution is -0.138. The number of carbonyl (C=O) groups is 1. The van der Waals surface area contributed by atoms with Gasteiger partial charge in [-0.25, -0.2) is 0 Å². The maximum atomic E-state index is 12.1. The molecule has 0 aromatic heterocycles. The van der Waals surface area contributed by atoms with Crippen molar-refractivity contribution in [3.63, 3.8) is 0 Å². The monoisotopic (exact) mass is 256 g/mol. The van der Waals surface area contributed by atoms with Crippen molar-refractivity contribution in [2.75, 3.05) is 6.61 Å². The molecule has 0 heterocycles. The third-order valence-electron chi connectivity index (χ3n) is 3.34. The Kier molecular flexibility index (Phi) is 6.56. The molecule has 108 valence electrons. The lowest BCUT2D eigenvalue weighted by Crippen LogP contribution is -2.37. The van der Waals surface area contributed by atoms with Gasteiger partial charge in [0, 0.05) is 11.3 Å². The van der Waals surface area contributed by atoms with Crippen molar-refractivity contribution >= 4 is 5.78 Å². The minimum Gasteiger partial charge on any atom is -0.375 e. The van der Waals surface area contributed by atoms with E-state index in [1.54, 1.807) is 0 Å². The maximum Gasteiger partial charge on any atom is 0.143 e. The van der Waals surface area contributed by atoms with Crippen LogP contribution < -0.4 is 0 Å². The Bertz CT molecular complexity index is 262. The summed E-state index contributed by atoms with van der Waals surface area (Å²) in [6.45, 7) is 17.1. The van der Waals surface area contributed by atoms with Crippen LogP contribution in [0.2, 0.25) is 0 Å². The highest BCUT2D eigenvalue weighted by molar-refractivity contribution is 5.85. The summed E-state index contributed by atoms with van der Waals surface area (Å²) in [6.07, 6.45) is 2.20. The molecule has 0 aliphatic rings. The maximum absolute atomic E-state index is 12.1. The molecule has 2 nitrogen and oxygen atoms in total. The molecule has 0 amide bonds. The smallest absolute Gasteiger partial charge is 0.143 e. The lowest BCUT2D eigenvalue weighted by Gasteiger charge is -2.32. The first-order chi connectivity index (χ1) is 7.98. The Labute approximate surface area is 113 Å².